The van der Waals surface area contributed by atoms with Gasteiger partial charge in [0.2, 0.25) is 0 Å². The van der Waals surface area contributed by atoms with Crippen molar-refractivity contribution >= 4 is 29.1 Å². The van der Waals surface area contributed by atoms with Crippen LogP contribution in [0.3, 0.4) is 0 Å². The molecule has 128 valence electrons. The Morgan fingerprint density at radius 1 is 1.26 bits per heavy atom. The molecule has 0 spiro atoms. The van der Waals surface area contributed by atoms with Gasteiger partial charge in [-0.25, -0.2) is 0 Å². The monoisotopic (exact) mass is 352 g/mol. The lowest BCUT2D eigenvalue weighted by molar-refractivity contribution is -0.862. The minimum Gasteiger partial charge on any atom is -0.344 e. The predicted molar refractivity (Wildman–Crippen MR) is 80.4 cm³/mol. The Morgan fingerprint density at radius 2 is 1.87 bits per heavy atom. The number of quaternary nitrogens is 1. The van der Waals surface area contributed by atoms with E-state index in [0.29, 0.717) is 4.90 Å². The summed E-state index contributed by atoms with van der Waals surface area (Å²) >= 11 is 5.51. The molecule has 5 nitrogen and oxygen atoms in total. The molecule has 23 heavy (non-hydrogen) atoms. The zero-order valence-electron chi connectivity index (χ0n) is 12.9. The number of alkyl halides is 3. The second-order valence-corrected chi connectivity index (χ2v) is 5.75. The fourth-order valence-corrected chi connectivity index (χ4v) is 2.00. The number of likely N-dealkylation sites (N-methyl/N-ethyl adjacent to an activating group) is 2. The number of hydrogen-bond acceptors (Lipinski definition) is 2. The number of nitrogens with one attached hydrogen (secondary N) is 2. The molecule has 0 saturated carbocycles. The topological polar surface area (TPSA) is 53.9 Å². The molecule has 1 atom stereocenters. The van der Waals surface area contributed by atoms with E-state index >= 15 is 0 Å². The van der Waals surface area contributed by atoms with Gasteiger partial charge in [0, 0.05) is 19.8 Å². The van der Waals surface area contributed by atoms with Gasteiger partial charge in [0.05, 0.1) is 17.6 Å². The van der Waals surface area contributed by atoms with E-state index in [-0.39, 0.29) is 24.7 Å². The van der Waals surface area contributed by atoms with Gasteiger partial charge < -0.3 is 15.1 Å². The Balaban J connectivity index is 2.70. The fourth-order valence-electron chi connectivity index (χ4n) is 1.78. The highest BCUT2D eigenvalue weighted by Gasteiger charge is 2.33. The van der Waals surface area contributed by atoms with Gasteiger partial charge in [0.25, 0.3) is 11.8 Å². The van der Waals surface area contributed by atoms with Crippen molar-refractivity contribution < 1.29 is 27.7 Å². The number of amides is 2. The van der Waals surface area contributed by atoms with Crippen molar-refractivity contribution in [2.45, 2.75) is 6.18 Å². The lowest BCUT2D eigenvalue weighted by Crippen LogP contribution is -3.11. The van der Waals surface area contributed by atoms with Gasteiger partial charge >= 0.3 is 6.18 Å². The molecule has 1 aromatic carbocycles. The highest BCUT2D eigenvalue weighted by atomic mass is 35.5. The van der Waals surface area contributed by atoms with Crippen LogP contribution >= 0.6 is 11.6 Å². The molecule has 2 amide bonds. The molecular weight excluding hydrogens is 335 g/mol. The van der Waals surface area contributed by atoms with Crippen LogP contribution in [0, 0.1) is 0 Å². The third-order valence-corrected chi connectivity index (χ3v) is 3.30. The molecule has 0 aliphatic heterocycles. The van der Waals surface area contributed by atoms with E-state index in [1.54, 1.807) is 21.1 Å². The molecule has 0 fully saturated rings. The molecule has 1 rings (SSSR count). The van der Waals surface area contributed by atoms with Gasteiger partial charge in [-0.05, 0) is 18.2 Å². The second-order valence-electron chi connectivity index (χ2n) is 5.34. The van der Waals surface area contributed by atoms with Crippen LogP contribution in [0.25, 0.3) is 0 Å². The zero-order chi connectivity index (χ0) is 17.8. The van der Waals surface area contributed by atoms with E-state index in [1.807, 2.05) is 0 Å². The number of carbonyl (C=O) groups excluding carboxylic acids is 2. The van der Waals surface area contributed by atoms with E-state index in [1.165, 1.54) is 11.0 Å². The van der Waals surface area contributed by atoms with Crippen molar-refractivity contribution in [1.29, 1.82) is 0 Å². The number of benzene rings is 1. The molecular formula is C14H18ClF3N3O2+. The summed E-state index contributed by atoms with van der Waals surface area (Å²) in [4.78, 5) is 25.4. The van der Waals surface area contributed by atoms with Crippen molar-refractivity contribution in [3.05, 3.63) is 28.8 Å². The first-order valence-electron chi connectivity index (χ1n) is 6.68. The van der Waals surface area contributed by atoms with Crippen LogP contribution in [0.15, 0.2) is 18.2 Å². The summed E-state index contributed by atoms with van der Waals surface area (Å²) in [7, 11) is 4.84. The standard InChI is InChI=1S/C14H17ClF3N3O2/c1-20(2)13(23)8-21(3)7-12(22)19-9-4-5-11(15)10(6-9)14(16,17)18/h4-6H,7-8H2,1-3H3,(H,19,22)/p+1. The number of halogens is 4. The first-order chi connectivity index (χ1) is 10.5. The van der Waals surface area contributed by atoms with E-state index in [9.17, 15) is 22.8 Å². The predicted octanol–water partition coefficient (Wildman–Crippen LogP) is 0.900. The Labute approximate surface area is 137 Å². The fraction of sp³-hybridized carbons (Fsp3) is 0.429. The quantitative estimate of drug-likeness (QED) is 0.827. The minimum atomic E-state index is -4.60. The second kappa shape index (κ2) is 7.65. The zero-order valence-corrected chi connectivity index (χ0v) is 13.7. The smallest absolute Gasteiger partial charge is 0.344 e. The average molecular weight is 353 g/mol. The van der Waals surface area contributed by atoms with E-state index in [0.717, 1.165) is 12.1 Å². The van der Waals surface area contributed by atoms with Crippen molar-refractivity contribution in [1.82, 2.24) is 4.90 Å². The van der Waals surface area contributed by atoms with Gasteiger partial charge in [-0.1, -0.05) is 11.6 Å². The molecule has 0 aliphatic rings. The summed E-state index contributed by atoms with van der Waals surface area (Å²) in [5.74, 6) is -0.648. The largest absolute Gasteiger partial charge is 0.417 e. The Morgan fingerprint density at radius 3 is 2.39 bits per heavy atom. The van der Waals surface area contributed by atoms with Gasteiger partial charge in [0.15, 0.2) is 13.1 Å². The van der Waals surface area contributed by atoms with Gasteiger partial charge in [0.1, 0.15) is 0 Å². The molecule has 1 aromatic rings. The van der Waals surface area contributed by atoms with E-state index in [2.05, 4.69) is 5.32 Å². The summed E-state index contributed by atoms with van der Waals surface area (Å²) in [6.45, 7) is 0.0540. The van der Waals surface area contributed by atoms with Crippen LogP contribution in [-0.4, -0.2) is 50.9 Å². The number of nitrogens with zero attached hydrogens (tertiary/aromatic N) is 1. The third-order valence-electron chi connectivity index (χ3n) is 2.97. The maximum Gasteiger partial charge on any atom is 0.417 e. The lowest BCUT2D eigenvalue weighted by atomic mass is 10.2. The van der Waals surface area contributed by atoms with Crippen LogP contribution in [0.2, 0.25) is 5.02 Å². The summed E-state index contributed by atoms with van der Waals surface area (Å²) < 4.78 is 38.3. The van der Waals surface area contributed by atoms with Crippen LogP contribution < -0.4 is 10.2 Å². The van der Waals surface area contributed by atoms with E-state index in [4.69, 9.17) is 11.6 Å². The molecule has 0 bridgehead atoms. The van der Waals surface area contributed by atoms with Gasteiger partial charge in [-0.2, -0.15) is 13.2 Å². The number of carbonyl (C=O) groups is 2. The maximum atomic E-state index is 12.8. The maximum absolute atomic E-state index is 12.8. The summed E-state index contributed by atoms with van der Waals surface area (Å²) in [6.07, 6.45) is -4.60. The molecule has 0 heterocycles. The lowest BCUT2D eigenvalue weighted by Gasteiger charge is -2.16. The number of hydrogen-bond donors (Lipinski definition) is 2. The van der Waals surface area contributed by atoms with Crippen LogP contribution in [0.5, 0.6) is 0 Å². The number of anilines is 1. The van der Waals surface area contributed by atoms with Crippen LogP contribution in [0.1, 0.15) is 5.56 Å². The first-order valence-corrected chi connectivity index (χ1v) is 7.06. The van der Waals surface area contributed by atoms with Crippen molar-refractivity contribution in [3.8, 4) is 0 Å². The molecule has 2 N–H and O–H groups in total. The summed E-state index contributed by atoms with van der Waals surface area (Å²) in [6, 6.07) is 3.14. The molecule has 9 heteroatoms. The minimum absolute atomic E-state index is 0.00142. The first kappa shape index (κ1) is 19.2. The third kappa shape index (κ3) is 6.07. The van der Waals surface area contributed by atoms with Gasteiger partial charge in [-0.15, -0.1) is 0 Å². The van der Waals surface area contributed by atoms with E-state index < -0.39 is 22.7 Å². The number of rotatable bonds is 5. The van der Waals surface area contributed by atoms with Crippen molar-refractivity contribution in [3.63, 3.8) is 0 Å². The Hall–Kier alpha value is -1.80. The average Bonchev–Trinajstić information content (AvgIpc) is 2.39. The van der Waals surface area contributed by atoms with Crippen LogP contribution in [0.4, 0.5) is 18.9 Å². The summed E-state index contributed by atoms with van der Waals surface area (Å²) in [5, 5.41) is 1.94. The molecule has 0 radical (unpaired) electrons. The molecule has 0 aromatic heterocycles. The van der Waals surface area contributed by atoms with Crippen molar-refractivity contribution in [2.75, 3.05) is 39.5 Å². The Bertz CT molecular complexity index is 591. The molecule has 0 aliphatic carbocycles. The highest BCUT2D eigenvalue weighted by Crippen LogP contribution is 2.36. The van der Waals surface area contributed by atoms with Crippen LogP contribution in [-0.2, 0) is 15.8 Å². The SMILES string of the molecule is CN(C)C(=O)C[NH+](C)CC(=O)Nc1ccc(Cl)c(C(F)(F)F)c1. The molecule has 1 unspecified atom stereocenters. The normalized spacial score (nSPS) is 12.7. The molecule has 0 saturated heterocycles. The highest BCUT2D eigenvalue weighted by molar-refractivity contribution is 6.31. The summed E-state index contributed by atoms with van der Waals surface area (Å²) in [5.41, 5.74) is -1.01. The van der Waals surface area contributed by atoms with Gasteiger partial charge in [-0.3, -0.25) is 9.59 Å². The Kier molecular flexibility index (Phi) is 6.40. The van der Waals surface area contributed by atoms with Crippen molar-refractivity contribution in [2.24, 2.45) is 0 Å².